The lowest BCUT2D eigenvalue weighted by Crippen LogP contribution is -2.05. The smallest absolute Gasteiger partial charge is 0.200 e. The van der Waals surface area contributed by atoms with Crippen molar-refractivity contribution in [3.05, 3.63) is 70.5 Å². The third-order valence-electron chi connectivity index (χ3n) is 4.50. The van der Waals surface area contributed by atoms with Crippen molar-refractivity contribution >= 4 is 0 Å². The van der Waals surface area contributed by atoms with E-state index >= 15 is 0 Å². The van der Waals surface area contributed by atoms with Crippen LogP contribution in [0, 0.1) is 29.1 Å². The SMILES string of the molecule is Oc1ccc2c(c1)Cc1c-2ccc(O)c1-c1c(F)c(F)c(F)c(F)c1F. The van der Waals surface area contributed by atoms with E-state index < -0.39 is 46.0 Å². The van der Waals surface area contributed by atoms with Gasteiger partial charge in [-0.25, -0.2) is 22.0 Å². The van der Waals surface area contributed by atoms with Crippen LogP contribution < -0.4 is 0 Å². The topological polar surface area (TPSA) is 40.5 Å². The lowest BCUT2D eigenvalue weighted by atomic mass is 9.93. The number of phenols is 2. The molecular formula is C19H9F5O2. The average Bonchev–Trinajstić information content (AvgIpc) is 2.97. The second-order valence-corrected chi connectivity index (χ2v) is 5.95. The van der Waals surface area contributed by atoms with E-state index in [1.807, 2.05) is 0 Å². The van der Waals surface area contributed by atoms with Crippen LogP contribution in [-0.4, -0.2) is 10.2 Å². The van der Waals surface area contributed by atoms with E-state index in [2.05, 4.69) is 0 Å². The van der Waals surface area contributed by atoms with Crippen molar-refractivity contribution in [2.75, 3.05) is 0 Å². The van der Waals surface area contributed by atoms with Crippen molar-refractivity contribution in [1.82, 2.24) is 0 Å². The summed E-state index contributed by atoms with van der Waals surface area (Å²) in [6.07, 6.45) is 0.0578. The van der Waals surface area contributed by atoms with Crippen LogP contribution in [0.2, 0.25) is 0 Å². The first-order valence-corrected chi connectivity index (χ1v) is 7.50. The van der Waals surface area contributed by atoms with Crippen molar-refractivity contribution in [3.63, 3.8) is 0 Å². The molecule has 0 bridgehead atoms. The Balaban J connectivity index is 2.06. The van der Waals surface area contributed by atoms with Crippen LogP contribution in [0.1, 0.15) is 11.1 Å². The Labute approximate surface area is 143 Å². The molecule has 132 valence electrons. The lowest BCUT2D eigenvalue weighted by Gasteiger charge is -2.14. The Morgan fingerprint density at radius 1 is 0.654 bits per heavy atom. The number of halogens is 5. The highest BCUT2D eigenvalue weighted by molar-refractivity contribution is 5.88. The molecule has 3 aromatic rings. The monoisotopic (exact) mass is 364 g/mol. The van der Waals surface area contributed by atoms with E-state index in [4.69, 9.17) is 0 Å². The molecule has 1 aliphatic rings. The van der Waals surface area contributed by atoms with Crippen molar-refractivity contribution in [3.8, 4) is 33.8 Å². The minimum Gasteiger partial charge on any atom is -0.508 e. The normalized spacial score (nSPS) is 12.2. The zero-order valence-electron chi connectivity index (χ0n) is 12.9. The Morgan fingerprint density at radius 2 is 1.23 bits per heavy atom. The molecule has 0 unspecified atom stereocenters. The zero-order chi connectivity index (χ0) is 18.7. The molecule has 0 radical (unpaired) electrons. The molecule has 4 rings (SSSR count). The van der Waals surface area contributed by atoms with Crippen molar-refractivity contribution in [1.29, 1.82) is 0 Å². The van der Waals surface area contributed by atoms with Crippen molar-refractivity contribution in [2.45, 2.75) is 6.42 Å². The summed E-state index contributed by atoms with van der Waals surface area (Å²) >= 11 is 0. The van der Waals surface area contributed by atoms with Gasteiger partial charge in [0, 0.05) is 5.56 Å². The summed E-state index contributed by atoms with van der Waals surface area (Å²) in [5.41, 5.74) is 0.322. The van der Waals surface area contributed by atoms with Gasteiger partial charge in [0.15, 0.2) is 23.3 Å². The van der Waals surface area contributed by atoms with Gasteiger partial charge in [0.25, 0.3) is 0 Å². The van der Waals surface area contributed by atoms with Gasteiger partial charge in [0.2, 0.25) is 5.82 Å². The first kappa shape index (κ1) is 16.4. The fraction of sp³-hybridized carbons (Fsp3) is 0.0526. The molecule has 26 heavy (non-hydrogen) atoms. The van der Waals surface area contributed by atoms with E-state index in [0.29, 0.717) is 16.7 Å². The van der Waals surface area contributed by atoms with E-state index in [1.165, 1.54) is 18.2 Å². The highest BCUT2D eigenvalue weighted by atomic mass is 19.2. The van der Waals surface area contributed by atoms with Gasteiger partial charge in [-0.15, -0.1) is 0 Å². The molecule has 0 spiro atoms. The molecule has 0 saturated heterocycles. The van der Waals surface area contributed by atoms with Gasteiger partial charge in [-0.05, 0) is 46.9 Å². The molecule has 0 atom stereocenters. The number of aromatic hydroxyl groups is 2. The molecule has 7 heteroatoms. The number of hydrogen-bond donors (Lipinski definition) is 2. The number of benzene rings is 3. The summed E-state index contributed by atoms with van der Waals surface area (Å²) < 4.78 is 69.1. The van der Waals surface area contributed by atoms with Crippen LogP contribution in [-0.2, 0) is 6.42 Å². The third kappa shape index (κ3) is 2.09. The fourth-order valence-corrected chi connectivity index (χ4v) is 3.35. The summed E-state index contributed by atoms with van der Waals surface area (Å²) in [4.78, 5) is 0. The fourth-order valence-electron chi connectivity index (χ4n) is 3.35. The summed E-state index contributed by atoms with van der Waals surface area (Å²) in [5, 5.41) is 19.7. The maximum atomic E-state index is 14.3. The maximum absolute atomic E-state index is 14.3. The lowest BCUT2D eigenvalue weighted by molar-refractivity contribution is 0.380. The van der Waals surface area contributed by atoms with Crippen LogP contribution in [0.3, 0.4) is 0 Å². The van der Waals surface area contributed by atoms with Gasteiger partial charge < -0.3 is 10.2 Å². The number of phenolic OH excluding ortho intramolecular Hbond substituents is 2. The summed E-state index contributed by atoms with van der Waals surface area (Å²) in [7, 11) is 0. The second-order valence-electron chi connectivity index (χ2n) is 5.95. The Bertz CT molecular complexity index is 1060. The molecule has 0 fully saturated rings. The van der Waals surface area contributed by atoms with Gasteiger partial charge in [-0.3, -0.25) is 0 Å². The molecule has 0 saturated carbocycles. The molecule has 0 amide bonds. The van der Waals surface area contributed by atoms with E-state index in [1.54, 1.807) is 6.07 Å². The van der Waals surface area contributed by atoms with Crippen molar-refractivity contribution in [2.24, 2.45) is 0 Å². The van der Waals surface area contributed by atoms with Crippen LogP contribution in [0.25, 0.3) is 22.3 Å². The Morgan fingerprint density at radius 3 is 1.88 bits per heavy atom. The third-order valence-corrected chi connectivity index (χ3v) is 4.50. The van der Waals surface area contributed by atoms with Gasteiger partial charge in [-0.2, -0.15) is 0 Å². The minimum atomic E-state index is -2.26. The standard InChI is InChI=1S/C19H9F5O2/c20-15-14(16(21)18(23)19(24)17(15)22)13-11-6-7-5-8(25)1-2-9(7)10(11)3-4-12(13)26/h1-5,25-26H,6H2. The zero-order valence-corrected chi connectivity index (χ0v) is 12.9. The quantitative estimate of drug-likeness (QED) is 0.283. The molecule has 0 aliphatic heterocycles. The average molecular weight is 364 g/mol. The molecule has 3 aromatic carbocycles. The van der Waals surface area contributed by atoms with Crippen molar-refractivity contribution < 1.29 is 32.2 Å². The molecule has 0 aromatic heterocycles. The number of rotatable bonds is 1. The Kier molecular flexibility index (Phi) is 3.44. The van der Waals surface area contributed by atoms with Gasteiger partial charge in [0.1, 0.15) is 11.5 Å². The molecule has 2 N–H and O–H groups in total. The van der Waals surface area contributed by atoms with Crippen LogP contribution in [0.5, 0.6) is 11.5 Å². The summed E-state index contributed by atoms with van der Waals surface area (Å²) in [5.74, 6) is -11.1. The van der Waals surface area contributed by atoms with Crippen LogP contribution in [0.4, 0.5) is 22.0 Å². The van der Waals surface area contributed by atoms with Crippen LogP contribution in [0.15, 0.2) is 30.3 Å². The first-order valence-electron chi connectivity index (χ1n) is 7.50. The number of fused-ring (bicyclic) bond motifs is 3. The molecule has 2 nitrogen and oxygen atoms in total. The van der Waals surface area contributed by atoms with Gasteiger partial charge in [-0.1, -0.05) is 12.1 Å². The predicted molar refractivity (Wildman–Crippen MR) is 83.2 cm³/mol. The van der Waals surface area contributed by atoms with Crippen LogP contribution >= 0.6 is 0 Å². The molecule has 1 aliphatic carbocycles. The number of hydrogen-bond acceptors (Lipinski definition) is 2. The summed E-state index contributed by atoms with van der Waals surface area (Å²) in [6, 6.07) is 7.06. The maximum Gasteiger partial charge on any atom is 0.200 e. The second kappa shape index (κ2) is 5.45. The summed E-state index contributed by atoms with van der Waals surface area (Å²) in [6.45, 7) is 0. The predicted octanol–water partition coefficient (Wildman–Crippen LogP) is 5.03. The van der Waals surface area contributed by atoms with E-state index in [-0.39, 0.29) is 17.7 Å². The van der Waals surface area contributed by atoms with E-state index in [0.717, 1.165) is 6.07 Å². The highest BCUT2D eigenvalue weighted by Gasteiger charge is 2.32. The van der Waals surface area contributed by atoms with Gasteiger partial charge >= 0.3 is 0 Å². The molecular weight excluding hydrogens is 355 g/mol. The van der Waals surface area contributed by atoms with E-state index in [9.17, 15) is 32.2 Å². The molecule has 0 heterocycles. The van der Waals surface area contributed by atoms with Gasteiger partial charge in [0.05, 0.1) is 5.56 Å². The first-order chi connectivity index (χ1) is 12.3. The highest BCUT2D eigenvalue weighted by Crippen LogP contribution is 2.47. The minimum absolute atomic E-state index is 0.0291. The largest absolute Gasteiger partial charge is 0.508 e. The Hall–Kier alpha value is -3.09.